The molecule has 7 nitrogen and oxygen atoms in total. The van der Waals surface area contributed by atoms with E-state index in [1.165, 1.54) is 0 Å². The summed E-state index contributed by atoms with van der Waals surface area (Å²) in [4.78, 5) is 0. The van der Waals surface area contributed by atoms with Gasteiger partial charge >= 0.3 is 0 Å². The minimum atomic E-state index is 0.434. The van der Waals surface area contributed by atoms with Crippen LogP contribution in [0.4, 0.5) is 22.7 Å². The van der Waals surface area contributed by atoms with Crippen LogP contribution in [0.1, 0.15) is 31.2 Å². The maximum Gasteiger partial charge on any atom is 0.125 e. The van der Waals surface area contributed by atoms with Crippen molar-refractivity contribution in [3.05, 3.63) is 121 Å². The molecule has 0 saturated heterocycles. The average Bonchev–Trinajstić information content (AvgIpc) is 3.03. The number of azo groups is 2. The Kier molecular flexibility index (Phi) is 12.3. The van der Waals surface area contributed by atoms with E-state index in [-0.39, 0.29) is 0 Å². The van der Waals surface area contributed by atoms with Crippen LogP contribution in [0.2, 0.25) is 0 Å². The van der Waals surface area contributed by atoms with Gasteiger partial charge in [0.15, 0.2) is 0 Å². The Bertz CT molecular complexity index is 1370. The van der Waals surface area contributed by atoms with Crippen molar-refractivity contribution >= 4 is 22.7 Å². The molecule has 0 aliphatic carbocycles. The number of benzene rings is 4. The minimum absolute atomic E-state index is 0.434. The maximum atomic E-state index is 5.97. The highest BCUT2D eigenvalue weighted by atomic mass is 16.5. The van der Waals surface area contributed by atoms with Gasteiger partial charge in [-0.15, -0.1) is 0 Å². The van der Waals surface area contributed by atoms with E-state index in [2.05, 4.69) is 27.0 Å². The first-order valence-electron chi connectivity index (χ1n) is 13.9. The fourth-order valence-corrected chi connectivity index (χ4v) is 3.89. The number of ether oxygens (including phenoxy) is 3. The number of hydrogen-bond donors (Lipinski definition) is 0. The van der Waals surface area contributed by atoms with Crippen LogP contribution in [0, 0.1) is 0 Å². The molecule has 41 heavy (non-hydrogen) atoms. The molecule has 0 aromatic heterocycles. The lowest BCUT2D eigenvalue weighted by atomic mass is 10.2. The summed E-state index contributed by atoms with van der Waals surface area (Å²) in [6, 6.07) is 32.8. The average molecular weight is 549 g/mol. The van der Waals surface area contributed by atoms with Gasteiger partial charge in [-0.2, -0.15) is 20.5 Å². The molecule has 4 aromatic carbocycles. The summed E-state index contributed by atoms with van der Waals surface area (Å²) < 4.78 is 17.6. The summed E-state index contributed by atoms with van der Waals surface area (Å²) in [6.07, 6.45) is 5.86. The third-order valence-corrected chi connectivity index (χ3v) is 6.02. The zero-order valence-corrected chi connectivity index (χ0v) is 23.3. The molecule has 0 bridgehead atoms. The van der Waals surface area contributed by atoms with E-state index >= 15 is 0 Å². The van der Waals surface area contributed by atoms with Crippen molar-refractivity contribution < 1.29 is 14.2 Å². The SMILES string of the molecule is C=CCOc1ccc(N=Nc2ccccc2)cc1COCCCCCCOc1ccc(N=Nc2ccccc2)cc1. The van der Waals surface area contributed by atoms with E-state index in [4.69, 9.17) is 14.2 Å². The molecule has 0 N–H and O–H groups in total. The molecule has 0 amide bonds. The lowest BCUT2D eigenvalue weighted by molar-refractivity contribution is 0.114. The van der Waals surface area contributed by atoms with Crippen molar-refractivity contribution in [1.29, 1.82) is 0 Å². The molecule has 0 spiro atoms. The summed E-state index contributed by atoms with van der Waals surface area (Å²) in [7, 11) is 0. The first-order valence-corrected chi connectivity index (χ1v) is 13.9. The van der Waals surface area contributed by atoms with Gasteiger partial charge in [0.1, 0.15) is 18.1 Å². The van der Waals surface area contributed by atoms with Gasteiger partial charge in [0.2, 0.25) is 0 Å². The minimum Gasteiger partial charge on any atom is -0.494 e. The first kappa shape index (κ1) is 29.4. The van der Waals surface area contributed by atoms with E-state index in [0.717, 1.165) is 65.5 Å². The van der Waals surface area contributed by atoms with Crippen LogP contribution >= 0.6 is 0 Å². The zero-order valence-electron chi connectivity index (χ0n) is 23.3. The molecule has 0 unspecified atom stereocenters. The Hall–Kier alpha value is -4.62. The third kappa shape index (κ3) is 10.8. The van der Waals surface area contributed by atoms with Crippen LogP contribution in [0.25, 0.3) is 0 Å². The lowest BCUT2D eigenvalue weighted by Crippen LogP contribution is -2.01. The second-order valence-corrected chi connectivity index (χ2v) is 9.27. The van der Waals surface area contributed by atoms with Gasteiger partial charge in [0, 0.05) is 12.2 Å². The standard InChI is InChI=1S/C34H36N4O3/c1-2-23-41-34-22-19-32(38-36-30-15-9-6-10-16-30)26-28(34)27-39-24-11-3-4-12-25-40-33-20-17-31(18-21-33)37-35-29-13-7-5-8-14-29/h2,5-10,13-22,26H,1,3-4,11-12,23-25,27H2. The topological polar surface area (TPSA) is 77.1 Å². The van der Waals surface area contributed by atoms with Crippen molar-refractivity contribution in [3.8, 4) is 11.5 Å². The van der Waals surface area contributed by atoms with Crippen LogP contribution in [0.5, 0.6) is 11.5 Å². The second-order valence-electron chi connectivity index (χ2n) is 9.27. The van der Waals surface area contributed by atoms with E-state index < -0.39 is 0 Å². The molecule has 4 rings (SSSR count). The highest BCUT2D eigenvalue weighted by Gasteiger charge is 2.06. The summed E-state index contributed by atoms with van der Waals surface area (Å²) in [5, 5.41) is 17.2. The van der Waals surface area contributed by atoms with Crippen LogP contribution in [-0.4, -0.2) is 19.8 Å². The molecule has 0 radical (unpaired) electrons. The quantitative estimate of drug-likeness (QED) is 0.0748. The fraction of sp³-hybridized carbons (Fsp3) is 0.235. The first-order chi connectivity index (χ1) is 20.3. The maximum absolute atomic E-state index is 5.97. The van der Waals surface area contributed by atoms with Crippen molar-refractivity contribution in [1.82, 2.24) is 0 Å². The van der Waals surface area contributed by atoms with Gasteiger partial charge in [-0.3, -0.25) is 0 Å². The van der Waals surface area contributed by atoms with Gasteiger partial charge in [0.05, 0.1) is 36.0 Å². The molecule has 0 heterocycles. The highest BCUT2D eigenvalue weighted by molar-refractivity contribution is 5.48. The van der Waals surface area contributed by atoms with E-state index in [1.54, 1.807) is 6.08 Å². The Morgan fingerprint density at radius 1 is 0.561 bits per heavy atom. The van der Waals surface area contributed by atoms with Crippen molar-refractivity contribution in [2.75, 3.05) is 19.8 Å². The number of rotatable bonds is 17. The van der Waals surface area contributed by atoms with Crippen molar-refractivity contribution in [2.24, 2.45) is 20.5 Å². The van der Waals surface area contributed by atoms with Crippen LogP contribution in [-0.2, 0) is 11.3 Å². The van der Waals surface area contributed by atoms with Gasteiger partial charge in [0.25, 0.3) is 0 Å². The highest BCUT2D eigenvalue weighted by Crippen LogP contribution is 2.27. The number of nitrogens with zero attached hydrogens (tertiary/aromatic N) is 4. The Morgan fingerprint density at radius 2 is 1.12 bits per heavy atom. The Balaban J connectivity index is 1.12. The van der Waals surface area contributed by atoms with Gasteiger partial charge in [-0.05, 0) is 86.0 Å². The molecular weight excluding hydrogens is 512 g/mol. The molecule has 210 valence electrons. The predicted octanol–water partition coefficient (Wildman–Crippen LogP) is 10.2. The summed E-state index contributed by atoms with van der Waals surface area (Å²) in [5.41, 5.74) is 4.13. The van der Waals surface area contributed by atoms with Crippen LogP contribution in [0.15, 0.2) is 136 Å². The Morgan fingerprint density at radius 3 is 1.76 bits per heavy atom. The van der Waals surface area contributed by atoms with E-state index in [9.17, 15) is 0 Å². The van der Waals surface area contributed by atoms with Crippen LogP contribution < -0.4 is 9.47 Å². The molecule has 4 aromatic rings. The van der Waals surface area contributed by atoms with E-state index in [1.807, 2.05) is 103 Å². The lowest BCUT2D eigenvalue weighted by Gasteiger charge is -2.11. The number of hydrogen-bond acceptors (Lipinski definition) is 7. The molecular formula is C34H36N4O3. The van der Waals surface area contributed by atoms with Crippen LogP contribution in [0.3, 0.4) is 0 Å². The summed E-state index contributed by atoms with van der Waals surface area (Å²) >= 11 is 0. The van der Waals surface area contributed by atoms with E-state index in [0.29, 0.717) is 26.4 Å². The third-order valence-electron chi connectivity index (χ3n) is 6.02. The van der Waals surface area contributed by atoms with Gasteiger partial charge < -0.3 is 14.2 Å². The van der Waals surface area contributed by atoms with Crippen molar-refractivity contribution in [2.45, 2.75) is 32.3 Å². The normalized spacial score (nSPS) is 11.2. The molecule has 0 aliphatic rings. The summed E-state index contributed by atoms with van der Waals surface area (Å²) in [6.45, 7) is 5.98. The molecule has 0 atom stereocenters. The number of unbranched alkanes of at least 4 members (excludes halogenated alkanes) is 3. The van der Waals surface area contributed by atoms with Crippen molar-refractivity contribution in [3.63, 3.8) is 0 Å². The fourth-order valence-electron chi connectivity index (χ4n) is 3.89. The second kappa shape index (κ2) is 17.2. The molecule has 0 aliphatic heterocycles. The predicted molar refractivity (Wildman–Crippen MR) is 163 cm³/mol. The molecule has 0 fully saturated rings. The zero-order chi connectivity index (χ0) is 28.4. The van der Waals surface area contributed by atoms with Gasteiger partial charge in [-0.25, -0.2) is 0 Å². The summed E-state index contributed by atoms with van der Waals surface area (Å²) in [5.74, 6) is 1.61. The monoisotopic (exact) mass is 548 g/mol. The smallest absolute Gasteiger partial charge is 0.125 e. The van der Waals surface area contributed by atoms with Gasteiger partial charge in [-0.1, -0.05) is 55.5 Å². The largest absolute Gasteiger partial charge is 0.494 e. The Labute approximate surface area is 242 Å². The molecule has 0 saturated carbocycles. The molecule has 7 heteroatoms.